The molecule has 2 atom stereocenters. The van der Waals surface area contributed by atoms with Crippen molar-refractivity contribution in [2.24, 2.45) is 11.8 Å². The maximum atomic E-state index is 11.1. The Morgan fingerprint density at radius 2 is 2.50 bits per heavy atom. The molecule has 1 saturated carbocycles. The number of nitriles is 1. The molecule has 1 fully saturated rings. The van der Waals surface area contributed by atoms with Crippen LogP contribution >= 0.6 is 0 Å². The molecule has 0 aliphatic heterocycles. The highest BCUT2D eigenvalue weighted by Gasteiger charge is 2.33. The van der Waals surface area contributed by atoms with Crippen LogP contribution in [0, 0.1) is 23.2 Å². The Bertz CT molecular complexity index is 226. The van der Waals surface area contributed by atoms with Gasteiger partial charge in [0.05, 0.1) is 6.07 Å². The summed E-state index contributed by atoms with van der Waals surface area (Å²) in [6.45, 7) is 3.62. The molecule has 0 amide bonds. The van der Waals surface area contributed by atoms with Crippen LogP contribution in [0.2, 0.25) is 0 Å². The maximum Gasteiger partial charge on any atom is 0.150 e. The number of carbonyl (C=O) groups excluding carboxylic acids is 1. The predicted molar refractivity (Wildman–Crippen MR) is 46.3 cm³/mol. The van der Waals surface area contributed by atoms with E-state index in [-0.39, 0.29) is 11.7 Å². The highest BCUT2D eigenvalue weighted by molar-refractivity contribution is 5.85. The molecule has 2 nitrogen and oxygen atoms in total. The molecule has 0 heterocycles. The summed E-state index contributed by atoms with van der Waals surface area (Å²) in [4.78, 5) is 11.1. The van der Waals surface area contributed by atoms with Crippen molar-refractivity contribution in [2.45, 2.75) is 25.7 Å². The van der Waals surface area contributed by atoms with E-state index in [9.17, 15) is 4.79 Å². The zero-order valence-corrected chi connectivity index (χ0v) is 7.12. The van der Waals surface area contributed by atoms with Crippen molar-refractivity contribution in [2.75, 3.05) is 0 Å². The first kappa shape index (κ1) is 8.99. The maximum absolute atomic E-state index is 11.1. The predicted octanol–water partition coefficient (Wildman–Crippen LogP) is 2.07. The standard InChI is InChI=1S/C10H13NO/c1-2-3-4-8-5-6-10(12)9(8)7-11/h2,8-9H,1,3-6H2. The Morgan fingerprint density at radius 1 is 1.75 bits per heavy atom. The van der Waals surface area contributed by atoms with Gasteiger partial charge in [0.25, 0.3) is 0 Å². The van der Waals surface area contributed by atoms with Crippen LogP contribution in [-0.2, 0) is 4.79 Å². The van der Waals surface area contributed by atoms with E-state index in [2.05, 4.69) is 12.6 Å². The van der Waals surface area contributed by atoms with Crippen molar-refractivity contribution < 1.29 is 4.79 Å². The molecule has 0 radical (unpaired) electrons. The fraction of sp³-hybridized carbons (Fsp3) is 0.600. The lowest BCUT2D eigenvalue weighted by Gasteiger charge is -2.09. The summed E-state index contributed by atoms with van der Waals surface area (Å²) < 4.78 is 0. The molecule has 1 aliphatic rings. The first-order valence-corrected chi connectivity index (χ1v) is 4.32. The quantitative estimate of drug-likeness (QED) is 0.597. The number of rotatable bonds is 3. The largest absolute Gasteiger partial charge is 0.298 e. The average Bonchev–Trinajstić information content (AvgIpc) is 2.43. The molecule has 0 aromatic carbocycles. The molecule has 1 aliphatic carbocycles. The number of Topliss-reactive ketones (excluding diaryl/α,β-unsaturated/α-hetero) is 1. The number of carbonyl (C=O) groups is 1. The molecule has 2 heteroatoms. The first-order chi connectivity index (χ1) is 5.79. The minimum absolute atomic E-state index is 0.131. The molecule has 0 N–H and O–H groups in total. The van der Waals surface area contributed by atoms with Crippen LogP contribution in [0.25, 0.3) is 0 Å². The van der Waals surface area contributed by atoms with Crippen molar-refractivity contribution in [1.82, 2.24) is 0 Å². The smallest absolute Gasteiger partial charge is 0.150 e. The average molecular weight is 163 g/mol. The Kier molecular flexibility index (Phi) is 3.04. The van der Waals surface area contributed by atoms with Gasteiger partial charge in [-0.1, -0.05) is 6.08 Å². The van der Waals surface area contributed by atoms with Gasteiger partial charge in [-0.2, -0.15) is 5.26 Å². The highest BCUT2D eigenvalue weighted by Crippen LogP contribution is 2.31. The summed E-state index contributed by atoms with van der Waals surface area (Å²) in [5.41, 5.74) is 0. The normalized spacial score (nSPS) is 28.4. The Hall–Kier alpha value is -1.10. The van der Waals surface area contributed by atoms with E-state index >= 15 is 0 Å². The van der Waals surface area contributed by atoms with Crippen LogP contribution in [0.4, 0.5) is 0 Å². The van der Waals surface area contributed by atoms with Crippen LogP contribution < -0.4 is 0 Å². The SMILES string of the molecule is C=CCCC1CCC(=O)C1C#N. The number of allylic oxidation sites excluding steroid dienone is 1. The van der Waals surface area contributed by atoms with E-state index in [4.69, 9.17) is 5.26 Å². The van der Waals surface area contributed by atoms with Crippen molar-refractivity contribution in [1.29, 1.82) is 5.26 Å². The van der Waals surface area contributed by atoms with Crippen molar-refractivity contribution in [3.8, 4) is 6.07 Å². The van der Waals surface area contributed by atoms with Gasteiger partial charge in [0.2, 0.25) is 0 Å². The van der Waals surface area contributed by atoms with Gasteiger partial charge in [-0.3, -0.25) is 4.79 Å². The lowest BCUT2D eigenvalue weighted by atomic mass is 9.92. The summed E-state index contributed by atoms with van der Waals surface area (Å²) in [6, 6.07) is 2.09. The number of hydrogen-bond acceptors (Lipinski definition) is 2. The van der Waals surface area contributed by atoms with Gasteiger partial charge in [0.15, 0.2) is 0 Å². The van der Waals surface area contributed by atoms with Crippen LogP contribution in [-0.4, -0.2) is 5.78 Å². The zero-order chi connectivity index (χ0) is 8.97. The summed E-state index contributed by atoms with van der Waals surface area (Å²) in [7, 11) is 0. The van der Waals surface area contributed by atoms with Crippen molar-refractivity contribution in [3.63, 3.8) is 0 Å². The molecule has 1 rings (SSSR count). The molecule has 0 aromatic heterocycles. The van der Waals surface area contributed by atoms with Gasteiger partial charge < -0.3 is 0 Å². The second kappa shape index (κ2) is 4.06. The fourth-order valence-electron chi connectivity index (χ4n) is 1.73. The van der Waals surface area contributed by atoms with E-state index in [1.54, 1.807) is 0 Å². The van der Waals surface area contributed by atoms with Crippen LogP contribution in [0.1, 0.15) is 25.7 Å². The molecule has 0 bridgehead atoms. The van der Waals surface area contributed by atoms with Crippen molar-refractivity contribution >= 4 is 5.78 Å². The number of ketones is 1. The molecule has 2 unspecified atom stereocenters. The van der Waals surface area contributed by atoms with E-state index in [0.717, 1.165) is 19.3 Å². The van der Waals surface area contributed by atoms with E-state index in [1.807, 2.05) is 6.08 Å². The fourth-order valence-corrected chi connectivity index (χ4v) is 1.73. The lowest BCUT2D eigenvalue weighted by molar-refractivity contribution is -0.119. The summed E-state index contributed by atoms with van der Waals surface area (Å²) in [6.07, 6.45) is 5.19. The zero-order valence-electron chi connectivity index (χ0n) is 7.12. The number of hydrogen-bond donors (Lipinski definition) is 0. The molecule has 0 saturated heterocycles. The van der Waals surface area contributed by atoms with Gasteiger partial charge in [-0.15, -0.1) is 6.58 Å². The Balaban J connectivity index is 2.50. The van der Waals surface area contributed by atoms with E-state index in [0.29, 0.717) is 12.3 Å². The highest BCUT2D eigenvalue weighted by atomic mass is 16.1. The molecular formula is C10H13NO. The molecular weight excluding hydrogens is 150 g/mol. The topological polar surface area (TPSA) is 40.9 Å². The lowest BCUT2D eigenvalue weighted by Crippen LogP contribution is -2.11. The van der Waals surface area contributed by atoms with Gasteiger partial charge in [-0.05, 0) is 25.2 Å². The first-order valence-electron chi connectivity index (χ1n) is 4.32. The van der Waals surface area contributed by atoms with E-state index < -0.39 is 0 Å². The third-order valence-electron chi connectivity index (χ3n) is 2.46. The van der Waals surface area contributed by atoms with Gasteiger partial charge >= 0.3 is 0 Å². The summed E-state index contributed by atoms with van der Waals surface area (Å²) >= 11 is 0. The second-order valence-corrected chi connectivity index (χ2v) is 3.24. The third-order valence-corrected chi connectivity index (χ3v) is 2.46. The van der Waals surface area contributed by atoms with Gasteiger partial charge in [0, 0.05) is 6.42 Å². The summed E-state index contributed by atoms with van der Waals surface area (Å²) in [5, 5.41) is 8.71. The monoisotopic (exact) mass is 163 g/mol. The third kappa shape index (κ3) is 1.73. The molecule has 12 heavy (non-hydrogen) atoms. The van der Waals surface area contributed by atoms with Crippen LogP contribution in [0.15, 0.2) is 12.7 Å². The van der Waals surface area contributed by atoms with Gasteiger partial charge in [0.1, 0.15) is 11.7 Å². The minimum Gasteiger partial charge on any atom is -0.298 e. The minimum atomic E-state index is -0.329. The molecule has 0 spiro atoms. The molecule has 64 valence electrons. The van der Waals surface area contributed by atoms with Crippen LogP contribution in [0.5, 0.6) is 0 Å². The van der Waals surface area contributed by atoms with Gasteiger partial charge in [-0.25, -0.2) is 0 Å². The number of nitrogens with zero attached hydrogens (tertiary/aromatic N) is 1. The Morgan fingerprint density at radius 3 is 3.08 bits per heavy atom. The molecule has 0 aromatic rings. The van der Waals surface area contributed by atoms with E-state index in [1.165, 1.54) is 0 Å². The van der Waals surface area contributed by atoms with Crippen molar-refractivity contribution in [3.05, 3.63) is 12.7 Å². The summed E-state index contributed by atoms with van der Waals surface area (Å²) in [5.74, 6) is 0.0945. The van der Waals surface area contributed by atoms with Crippen LogP contribution in [0.3, 0.4) is 0 Å². The second-order valence-electron chi connectivity index (χ2n) is 3.24. The Labute approximate surface area is 72.9 Å².